The molecule has 0 aliphatic heterocycles. The summed E-state index contributed by atoms with van der Waals surface area (Å²) in [6.07, 6.45) is 16.3. The molecule has 0 atom stereocenters. The van der Waals surface area contributed by atoms with Gasteiger partial charge >= 0.3 is 0 Å². The zero-order valence-electron chi connectivity index (χ0n) is 16.0. The number of hydrogen-bond acceptors (Lipinski definition) is 1. The molecule has 0 aromatic rings. The maximum Gasteiger partial charge on any atom is 0.00997 e. The Kier molecular flexibility index (Phi) is 21.2. The first-order valence-corrected chi connectivity index (χ1v) is 10.2. The minimum Gasteiger partial charge on any atom is -0.317 e. The van der Waals surface area contributed by atoms with E-state index in [4.69, 9.17) is 5.73 Å². The van der Waals surface area contributed by atoms with Crippen molar-refractivity contribution in [2.24, 2.45) is 0 Å². The zero-order chi connectivity index (χ0) is 17.6. The fourth-order valence-corrected chi connectivity index (χ4v) is 2.38. The highest BCUT2D eigenvalue weighted by atomic mass is 14.8. The molecule has 0 rings (SSSR count). The molecule has 0 heterocycles. The highest BCUT2D eigenvalue weighted by Crippen LogP contribution is 1.99. The fourth-order valence-electron chi connectivity index (χ4n) is 2.38. The summed E-state index contributed by atoms with van der Waals surface area (Å²) in [5.41, 5.74) is 7.07. The van der Waals surface area contributed by atoms with Crippen LogP contribution >= 0.6 is 0 Å². The number of unbranched alkanes of at least 4 members (excludes halogenated alkanes) is 10. The van der Waals surface area contributed by atoms with Gasteiger partial charge in [0.2, 0.25) is 0 Å². The third-order valence-electron chi connectivity index (χ3n) is 3.94. The molecule has 0 aromatic heterocycles. The van der Waals surface area contributed by atoms with E-state index in [0.29, 0.717) is 6.54 Å². The number of rotatable bonds is 15. The summed E-state index contributed by atoms with van der Waals surface area (Å²) in [5, 5.41) is 3.52. The van der Waals surface area contributed by atoms with Crippen LogP contribution in [0.3, 0.4) is 0 Å². The zero-order valence-corrected chi connectivity index (χ0v) is 16.0. The molecule has 2 nitrogen and oxygen atoms in total. The van der Waals surface area contributed by atoms with E-state index in [0.717, 1.165) is 58.0 Å². The van der Waals surface area contributed by atoms with Crippen molar-refractivity contribution in [1.82, 2.24) is 11.1 Å². The summed E-state index contributed by atoms with van der Waals surface area (Å²) in [6, 6.07) is 0. The summed E-state index contributed by atoms with van der Waals surface area (Å²) >= 11 is 0. The maximum atomic E-state index is 7.07. The molecule has 0 aromatic carbocycles. The lowest BCUT2D eigenvalue weighted by molar-refractivity contribution is 0.597. The predicted molar refractivity (Wildman–Crippen MR) is 107 cm³/mol. The molecule has 0 unspecified atom stereocenters. The van der Waals surface area contributed by atoms with Gasteiger partial charge in [-0.1, -0.05) is 26.2 Å². The van der Waals surface area contributed by atoms with E-state index in [1.54, 1.807) is 0 Å². The number of hydrogen-bond donors (Lipinski definition) is 1. The van der Waals surface area contributed by atoms with E-state index < -0.39 is 0 Å². The Labute approximate surface area is 151 Å². The van der Waals surface area contributed by atoms with Gasteiger partial charge in [-0.25, -0.2) is 0 Å². The lowest BCUT2D eigenvalue weighted by Gasteiger charge is -2.02. The van der Waals surface area contributed by atoms with Crippen molar-refractivity contribution >= 4 is 0 Å². The molecule has 0 saturated heterocycles. The first-order chi connectivity index (χ1) is 11.9. The maximum absolute atomic E-state index is 7.07. The molecule has 0 fully saturated rings. The Morgan fingerprint density at radius 2 is 1.04 bits per heavy atom. The Morgan fingerprint density at radius 1 is 0.583 bits per heavy atom. The van der Waals surface area contributed by atoms with Crippen molar-refractivity contribution in [3.05, 3.63) is 0 Å². The van der Waals surface area contributed by atoms with Gasteiger partial charge in [0.15, 0.2) is 0 Å². The largest absolute Gasteiger partial charge is 0.317 e. The standard InChI is InChI=1S/C22H39N2/c1-2-3-4-5-6-9-12-15-18-21-24-22-19-16-13-10-7-8-11-14-17-20-23/h23-24H,2-5,8,11-22H2,1H3. The second-order valence-electron chi connectivity index (χ2n) is 6.39. The third kappa shape index (κ3) is 21.0. The van der Waals surface area contributed by atoms with Crippen LogP contribution in [0.4, 0.5) is 0 Å². The molecule has 1 radical (unpaired) electrons. The molecule has 2 heteroatoms. The topological polar surface area (TPSA) is 35.8 Å². The van der Waals surface area contributed by atoms with Crippen LogP contribution in [0, 0.1) is 23.7 Å². The van der Waals surface area contributed by atoms with E-state index in [9.17, 15) is 0 Å². The molecule has 24 heavy (non-hydrogen) atoms. The summed E-state index contributed by atoms with van der Waals surface area (Å²) in [5.74, 6) is 13.1. The predicted octanol–water partition coefficient (Wildman–Crippen LogP) is 5.35. The van der Waals surface area contributed by atoms with Crippen molar-refractivity contribution in [2.75, 3.05) is 19.6 Å². The molecule has 0 aliphatic carbocycles. The van der Waals surface area contributed by atoms with Gasteiger partial charge in [-0.2, -0.15) is 0 Å². The lowest BCUT2D eigenvalue weighted by Crippen LogP contribution is -2.16. The first kappa shape index (κ1) is 23.0. The second-order valence-corrected chi connectivity index (χ2v) is 6.39. The van der Waals surface area contributed by atoms with E-state index >= 15 is 0 Å². The van der Waals surface area contributed by atoms with Gasteiger partial charge in [0, 0.05) is 32.2 Å². The highest BCUT2D eigenvalue weighted by Gasteiger charge is 1.89. The van der Waals surface area contributed by atoms with E-state index in [-0.39, 0.29) is 0 Å². The minimum absolute atomic E-state index is 0.562. The van der Waals surface area contributed by atoms with Crippen LogP contribution in [0.25, 0.3) is 0 Å². The average molecular weight is 332 g/mol. The van der Waals surface area contributed by atoms with Crippen LogP contribution in [-0.2, 0) is 0 Å². The van der Waals surface area contributed by atoms with Crippen LogP contribution < -0.4 is 11.1 Å². The van der Waals surface area contributed by atoms with Gasteiger partial charge in [-0.15, -0.1) is 23.7 Å². The summed E-state index contributed by atoms with van der Waals surface area (Å²) < 4.78 is 0. The van der Waals surface area contributed by atoms with Gasteiger partial charge in [0.25, 0.3) is 0 Å². The summed E-state index contributed by atoms with van der Waals surface area (Å²) in [7, 11) is 0. The monoisotopic (exact) mass is 331 g/mol. The number of nitrogens with one attached hydrogen (secondary N) is 2. The first-order valence-electron chi connectivity index (χ1n) is 10.2. The van der Waals surface area contributed by atoms with Gasteiger partial charge < -0.3 is 5.32 Å². The SMILES string of the molecule is CCCCCC#CCCCCNCCCCC#CCCCCC[NH]. The summed E-state index contributed by atoms with van der Waals surface area (Å²) in [6.45, 7) is 5.04. The normalized spacial score (nSPS) is 9.92. The lowest BCUT2D eigenvalue weighted by atomic mass is 10.2. The summed E-state index contributed by atoms with van der Waals surface area (Å²) in [4.78, 5) is 0. The Morgan fingerprint density at radius 3 is 1.50 bits per heavy atom. The Bertz CT molecular complexity index is 354. The Hall–Kier alpha value is -0.960. The molecule has 0 spiro atoms. The van der Waals surface area contributed by atoms with Gasteiger partial charge in [0.1, 0.15) is 0 Å². The van der Waals surface area contributed by atoms with E-state index in [1.807, 2.05) is 0 Å². The van der Waals surface area contributed by atoms with E-state index in [1.165, 1.54) is 44.9 Å². The van der Waals surface area contributed by atoms with Crippen LogP contribution in [0.15, 0.2) is 0 Å². The van der Waals surface area contributed by atoms with Gasteiger partial charge in [-0.3, -0.25) is 5.73 Å². The van der Waals surface area contributed by atoms with E-state index in [2.05, 4.69) is 35.9 Å². The van der Waals surface area contributed by atoms with Crippen molar-refractivity contribution in [2.45, 2.75) is 96.8 Å². The van der Waals surface area contributed by atoms with Crippen LogP contribution in [0.2, 0.25) is 0 Å². The van der Waals surface area contributed by atoms with Crippen LogP contribution in [-0.4, -0.2) is 19.6 Å². The van der Waals surface area contributed by atoms with Crippen molar-refractivity contribution in [3.63, 3.8) is 0 Å². The quantitative estimate of drug-likeness (QED) is 0.319. The Balaban J connectivity index is 3.13. The average Bonchev–Trinajstić information content (AvgIpc) is 2.60. The van der Waals surface area contributed by atoms with Gasteiger partial charge in [-0.05, 0) is 58.0 Å². The van der Waals surface area contributed by atoms with Crippen LogP contribution in [0.5, 0.6) is 0 Å². The van der Waals surface area contributed by atoms with Gasteiger partial charge in [0.05, 0.1) is 0 Å². The molecule has 0 aliphatic rings. The molecule has 0 bridgehead atoms. The minimum atomic E-state index is 0.562. The molecule has 2 N–H and O–H groups in total. The molecule has 0 amide bonds. The van der Waals surface area contributed by atoms with Crippen molar-refractivity contribution in [1.29, 1.82) is 0 Å². The van der Waals surface area contributed by atoms with Crippen molar-refractivity contribution < 1.29 is 0 Å². The molecule has 137 valence electrons. The highest BCUT2D eigenvalue weighted by molar-refractivity contribution is 4.99. The van der Waals surface area contributed by atoms with Crippen molar-refractivity contribution in [3.8, 4) is 23.7 Å². The molecule has 0 saturated carbocycles. The smallest absolute Gasteiger partial charge is 0.00997 e. The molecular weight excluding hydrogens is 292 g/mol. The van der Waals surface area contributed by atoms with Crippen LogP contribution in [0.1, 0.15) is 96.8 Å². The second kappa shape index (κ2) is 22.0. The fraction of sp³-hybridized carbons (Fsp3) is 0.818. The third-order valence-corrected chi connectivity index (χ3v) is 3.94. The molecular formula is C22H39N2.